The second-order valence-electron chi connectivity index (χ2n) is 5.28. The fourth-order valence-electron chi connectivity index (χ4n) is 3.06. The smallest absolute Gasteiger partial charge is 0.253 e. The Bertz CT molecular complexity index is 446. The molecule has 1 N–H and O–H groups in total. The van der Waals surface area contributed by atoms with Crippen LogP contribution in [0.4, 0.5) is 0 Å². The van der Waals surface area contributed by atoms with Crippen LogP contribution in [0.1, 0.15) is 23.7 Å². The molecule has 2 saturated heterocycles. The second kappa shape index (κ2) is 5.21. The van der Waals surface area contributed by atoms with Crippen molar-refractivity contribution >= 4 is 5.91 Å². The van der Waals surface area contributed by atoms with Crippen molar-refractivity contribution in [1.82, 2.24) is 10.2 Å². The summed E-state index contributed by atoms with van der Waals surface area (Å²) < 4.78 is 5.39. The standard InChI is InChI=1S/C15H20N2O2/c1-2-19-13-5-3-11(4-6-13)15(18)17-9-12-7-8-16-14(12)10-17/h3-6,12,14,16H,2,7-10H2,1H3/t12-,14+/m0/s1. The molecule has 0 aliphatic carbocycles. The van der Waals surface area contributed by atoms with E-state index < -0.39 is 0 Å². The van der Waals surface area contributed by atoms with Gasteiger partial charge in [-0.05, 0) is 50.1 Å². The van der Waals surface area contributed by atoms with Crippen LogP contribution in [0.15, 0.2) is 24.3 Å². The molecule has 1 amide bonds. The molecule has 2 aliphatic heterocycles. The van der Waals surface area contributed by atoms with Gasteiger partial charge in [-0.3, -0.25) is 4.79 Å². The third kappa shape index (κ3) is 2.45. The number of nitrogens with one attached hydrogen (secondary N) is 1. The van der Waals surface area contributed by atoms with E-state index in [1.807, 2.05) is 36.1 Å². The summed E-state index contributed by atoms with van der Waals surface area (Å²) in [5.41, 5.74) is 0.753. The molecule has 19 heavy (non-hydrogen) atoms. The zero-order valence-corrected chi connectivity index (χ0v) is 11.3. The molecule has 102 valence electrons. The van der Waals surface area contributed by atoms with Crippen LogP contribution < -0.4 is 10.1 Å². The van der Waals surface area contributed by atoms with Crippen molar-refractivity contribution < 1.29 is 9.53 Å². The van der Waals surface area contributed by atoms with Crippen molar-refractivity contribution in [3.63, 3.8) is 0 Å². The molecule has 2 fully saturated rings. The molecule has 4 nitrogen and oxygen atoms in total. The first-order valence-electron chi connectivity index (χ1n) is 7.03. The minimum absolute atomic E-state index is 0.138. The first-order valence-corrected chi connectivity index (χ1v) is 7.03. The zero-order chi connectivity index (χ0) is 13.2. The molecule has 1 aromatic rings. The Labute approximate surface area is 113 Å². The summed E-state index contributed by atoms with van der Waals surface area (Å²) in [5, 5.41) is 3.47. The highest BCUT2D eigenvalue weighted by Gasteiger charge is 2.38. The summed E-state index contributed by atoms with van der Waals surface area (Å²) in [5.74, 6) is 1.60. The van der Waals surface area contributed by atoms with Crippen LogP contribution >= 0.6 is 0 Å². The van der Waals surface area contributed by atoms with Gasteiger partial charge in [0, 0.05) is 24.7 Å². The van der Waals surface area contributed by atoms with E-state index in [2.05, 4.69) is 5.32 Å². The summed E-state index contributed by atoms with van der Waals surface area (Å²) in [7, 11) is 0. The number of hydrogen-bond donors (Lipinski definition) is 1. The highest BCUT2D eigenvalue weighted by molar-refractivity contribution is 5.94. The van der Waals surface area contributed by atoms with Gasteiger partial charge >= 0.3 is 0 Å². The highest BCUT2D eigenvalue weighted by Crippen LogP contribution is 2.26. The van der Waals surface area contributed by atoms with E-state index in [0.29, 0.717) is 18.6 Å². The average molecular weight is 260 g/mol. The second-order valence-corrected chi connectivity index (χ2v) is 5.28. The molecule has 0 aromatic heterocycles. The van der Waals surface area contributed by atoms with Crippen molar-refractivity contribution in [2.75, 3.05) is 26.2 Å². The van der Waals surface area contributed by atoms with E-state index in [-0.39, 0.29) is 5.91 Å². The topological polar surface area (TPSA) is 41.6 Å². The Morgan fingerprint density at radius 2 is 2.16 bits per heavy atom. The number of amides is 1. The van der Waals surface area contributed by atoms with Gasteiger partial charge in [-0.1, -0.05) is 0 Å². The quantitative estimate of drug-likeness (QED) is 0.896. The van der Waals surface area contributed by atoms with Crippen LogP contribution in [0, 0.1) is 5.92 Å². The van der Waals surface area contributed by atoms with Gasteiger partial charge in [0.15, 0.2) is 0 Å². The SMILES string of the molecule is CCOc1ccc(C(=O)N2C[C@@H]3CCN[C@@H]3C2)cc1. The average Bonchev–Trinajstić information content (AvgIpc) is 3.00. The number of carbonyl (C=O) groups excluding carboxylic acids is 1. The van der Waals surface area contributed by atoms with Gasteiger partial charge < -0.3 is 15.0 Å². The third-order valence-electron chi connectivity index (χ3n) is 4.06. The summed E-state index contributed by atoms with van der Waals surface area (Å²) >= 11 is 0. The molecule has 0 bridgehead atoms. The number of fused-ring (bicyclic) bond motifs is 1. The first kappa shape index (κ1) is 12.5. The minimum atomic E-state index is 0.138. The normalized spacial score (nSPS) is 25.4. The van der Waals surface area contributed by atoms with Crippen LogP contribution in [-0.4, -0.2) is 43.1 Å². The van der Waals surface area contributed by atoms with Gasteiger partial charge in [-0.2, -0.15) is 0 Å². The first-order chi connectivity index (χ1) is 9.28. The molecule has 0 saturated carbocycles. The monoisotopic (exact) mass is 260 g/mol. The number of likely N-dealkylation sites (tertiary alicyclic amines) is 1. The van der Waals surface area contributed by atoms with Crippen molar-refractivity contribution in [3.8, 4) is 5.75 Å². The van der Waals surface area contributed by atoms with E-state index in [1.165, 1.54) is 6.42 Å². The van der Waals surface area contributed by atoms with Gasteiger partial charge in [0.2, 0.25) is 0 Å². The zero-order valence-electron chi connectivity index (χ0n) is 11.3. The number of nitrogens with zero attached hydrogens (tertiary/aromatic N) is 1. The van der Waals surface area contributed by atoms with Crippen LogP contribution in [0.2, 0.25) is 0 Å². The number of benzene rings is 1. The van der Waals surface area contributed by atoms with Crippen molar-refractivity contribution in [2.24, 2.45) is 5.92 Å². The molecule has 0 unspecified atom stereocenters. The lowest BCUT2D eigenvalue weighted by Gasteiger charge is -2.17. The summed E-state index contributed by atoms with van der Waals surface area (Å²) in [6.07, 6.45) is 1.19. The molecule has 1 aromatic carbocycles. The Balaban J connectivity index is 1.67. The van der Waals surface area contributed by atoms with E-state index in [4.69, 9.17) is 4.74 Å². The molecular formula is C15H20N2O2. The van der Waals surface area contributed by atoms with Gasteiger partial charge in [0.1, 0.15) is 5.75 Å². The van der Waals surface area contributed by atoms with E-state index >= 15 is 0 Å². The summed E-state index contributed by atoms with van der Waals surface area (Å²) in [6, 6.07) is 7.95. The van der Waals surface area contributed by atoms with Gasteiger partial charge in [-0.25, -0.2) is 0 Å². The lowest BCUT2D eigenvalue weighted by molar-refractivity contribution is 0.0782. The molecule has 2 atom stereocenters. The Morgan fingerprint density at radius 3 is 2.84 bits per heavy atom. The van der Waals surface area contributed by atoms with Crippen LogP contribution in [0.5, 0.6) is 5.75 Å². The molecule has 2 aliphatic rings. The predicted molar refractivity (Wildman–Crippen MR) is 73.4 cm³/mol. The van der Waals surface area contributed by atoms with Crippen LogP contribution in [0.3, 0.4) is 0 Å². The lowest BCUT2D eigenvalue weighted by Crippen LogP contribution is -2.33. The largest absolute Gasteiger partial charge is 0.494 e. The number of carbonyl (C=O) groups is 1. The predicted octanol–water partition coefficient (Wildman–Crippen LogP) is 1.52. The maximum Gasteiger partial charge on any atom is 0.253 e. The molecular weight excluding hydrogens is 240 g/mol. The van der Waals surface area contributed by atoms with Gasteiger partial charge in [0.05, 0.1) is 6.61 Å². The maximum absolute atomic E-state index is 12.4. The van der Waals surface area contributed by atoms with E-state index in [0.717, 1.165) is 30.9 Å². The van der Waals surface area contributed by atoms with Gasteiger partial charge in [0.25, 0.3) is 5.91 Å². The number of hydrogen-bond acceptors (Lipinski definition) is 3. The Kier molecular flexibility index (Phi) is 3.42. The molecule has 3 rings (SSSR count). The maximum atomic E-state index is 12.4. The highest BCUT2D eigenvalue weighted by atomic mass is 16.5. The minimum Gasteiger partial charge on any atom is -0.494 e. The third-order valence-corrected chi connectivity index (χ3v) is 4.06. The molecule has 4 heteroatoms. The van der Waals surface area contributed by atoms with Crippen molar-refractivity contribution in [3.05, 3.63) is 29.8 Å². The van der Waals surface area contributed by atoms with Crippen molar-refractivity contribution in [2.45, 2.75) is 19.4 Å². The molecule has 0 radical (unpaired) electrons. The van der Waals surface area contributed by atoms with Crippen LogP contribution in [-0.2, 0) is 0 Å². The lowest BCUT2D eigenvalue weighted by atomic mass is 10.1. The summed E-state index contributed by atoms with van der Waals surface area (Å²) in [6.45, 7) is 5.43. The fourth-order valence-corrected chi connectivity index (χ4v) is 3.06. The fraction of sp³-hybridized carbons (Fsp3) is 0.533. The Morgan fingerprint density at radius 1 is 1.37 bits per heavy atom. The van der Waals surface area contributed by atoms with E-state index in [9.17, 15) is 4.79 Å². The molecule has 2 heterocycles. The summed E-state index contributed by atoms with van der Waals surface area (Å²) in [4.78, 5) is 14.4. The van der Waals surface area contributed by atoms with Crippen molar-refractivity contribution in [1.29, 1.82) is 0 Å². The number of rotatable bonds is 3. The van der Waals surface area contributed by atoms with Crippen LogP contribution in [0.25, 0.3) is 0 Å². The van der Waals surface area contributed by atoms with Gasteiger partial charge in [-0.15, -0.1) is 0 Å². The molecule has 0 spiro atoms. The number of ether oxygens (including phenoxy) is 1. The van der Waals surface area contributed by atoms with E-state index in [1.54, 1.807) is 0 Å². The Hall–Kier alpha value is -1.55.